The van der Waals surface area contributed by atoms with Gasteiger partial charge in [-0.3, -0.25) is 9.78 Å². The molecule has 0 spiro atoms. The molecule has 0 radical (unpaired) electrons. The molecule has 2 heterocycles. The van der Waals surface area contributed by atoms with Crippen LogP contribution in [0.2, 0.25) is 0 Å². The van der Waals surface area contributed by atoms with Gasteiger partial charge in [0.1, 0.15) is 5.69 Å². The number of aliphatic hydroxyl groups is 1. The van der Waals surface area contributed by atoms with Gasteiger partial charge in [-0.1, -0.05) is 0 Å². The number of hydrogen-bond donors (Lipinski definition) is 4. The third kappa shape index (κ3) is 4.06. The molecule has 0 aliphatic heterocycles. The summed E-state index contributed by atoms with van der Waals surface area (Å²) in [6, 6.07) is 7.64. The smallest absolute Gasteiger partial charge is 0.270 e. The second-order valence-electron chi connectivity index (χ2n) is 6.86. The number of benzene rings is 1. The molecule has 0 saturated carbocycles. The zero-order valence-electron chi connectivity index (χ0n) is 17.3. The van der Waals surface area contributed by atoms with Crippen LogP contribution in [0.5, 0.6) is 0 Å². The minimum atomic E-state index is -0.356. The van der Waals surface area contributed by atoms with Gasteiger partial charge in [-0.2, -0.15) is 0 Å². The molecular formula is C23H25N5O2. The summed E-state index contributed by atoms with van der Waals surface area (Å²) in [6.07, 6.45) is 6.38. The Morgan fingerprint density at radius 1 is 1.23 bits per heavy atom. The number of aryl methyl sites for hydroxylation is 2. The molecule has 0 atom stereocenters. The van der Waals surface area contributed by atoms with Crippen molar-refractivity contribution in [3.63, 3.8) is 0 Å². The molecule has 1 amide bonds. The maximum atomic E-state index is 12.6. The van der Waals surface area contributed by atoms with Gasteiger partial charge >= 0.3 is 0 Å². The zero-order chi connectivity index (χ0) is 21.7. The first-order chi connectivity index (χ1) is 14.5. The van der Waals surface area contributed by atoms with Gasteiger partial charge in [0.05, 0.1) is 12.1 Å². The zero-order valence-corrected chi connectivity index (χ0v) is 17.3. The Morgan fingerprint density at radius 2 is 1.97 bits per heavy atom. The second kappa shape index (κ2) is 9.28. The molecule has 2 aromatic heterocycles. The van der Waals surface area contributed by atoms with Crippen molar-refractivity contribution in [3.8, 4) is 11.1 Å². The molecule has 1 aromatic carbocycles. The first kappa shape index (κ1) is 21.1. The molecule has 7 heteroatoms. The van der Waals surface area contributed by atoms with Crippen molar-refractivity contribution >= 4 is 28.7 Å². The Hall–Kier alpha value is -3.58. The molecule has 0 aliphatic carbocycles. The fourth-order valence-electron chi connectivity index (χ4n) is 3.70. The minimum absolute atomic E-state index is 0.144. The largest absolute Gasteiger partial charge is 0.395 e. The Kier molecular flexibility index (Phi) is 6.54. The van der Waals surface area contributed by atoms with E-state index >= 15 is 0 Å². The molecular weight excluding hydrogens is 378 g/mol. The number of rotatable bonds is 7. The summed E-state index contributed by atoms with van der Waals surface area (Å²) in [6.45, 7) is 4.07. The van der Waals surface area contributed by atoms with Crippen molar-refractivity contribution < 1.29 is 9.90 Å². The van der Waals surface area contributed by atoms with E-state index in [1.807, 2.05) is 32.0 Å². The van der Waals surface area contributed by atoms with Gasteiger partial charge < -0.3 is 21.1 Å². The third-order valence-corrected chi connectivity index (χ3v) is 4.95. The molecule has 7 nitrogen and oxygen atoms in total. The Labute approximate surface area is 175 Å². The normalized spacial score (nSPS) is 11.4. The lowest BCUT2D eigenvalue weighted by atomic mass is 9.90. The average molecular weight is 403 g/mol. The number of fused-ring (bicyclic) bond motifs is 1. The van der Waals surface area contributed by atoms with E-state index in [1.54, 1.807) is 31.6 Å². The predicted molar refractivity (Wildman–Crippen MR) is 120 cm³/mol. The Bertz CT molecular complexity index is 1120. The van der Waals surface area contributed by atoms with E-state index in [2.05, 4.69) is 20.6 Å². The van der Waals surface area contributed by atoms with Crippen molar-refractivity contribution in [2.24, 2.45) is 0 Å². The number of amides is 1. The lowest BCUT2D eigenvalue weighted by Gasteiger charge is -2.18. The summed E-state index contributed by atoms with van der Waals surface area (Å²) in [5.74, 6) is -0.356. The quantitative estimate of drug-likeness (QED) is 0.453. The minimum Gasteiger partial charge on any atom is -0.395 e. The first-order valence-electron chi connectivity index (χ1n) is 9.65. The van der Waals surface area contributed by atoms with Crippen molar-refractivity contribution in [3.05, 3.63) is 65.1 Å². The number of nitrogens with zero attached hydrogens (tertiary/aromatic N) is 2. The highest BCUT2D eigenvalue weighted by Crippen LogP contribution is 2.36. The van der Waals surface area contributed by atoms with Crippen molar-refractivity contribution in [1.29, 1.82) is 5.41 Å². The number of aromatic nitrogens is 2. The summed E-state index contributed by atoms with van der Waals surface area (Å²) < 4.78 is 0. The van der Waals surface area contributed by atoms with Gasteiger partial charge in [-0.05, 0) is 66.4 Å². The highest BCUT2D eigenvalue weighted by Gasteiger charge is 2.19. The number of pyridine rings is 2. The van der Waals surface area contributed by atoms with Crippen LogP contribution >= 0.6 is 0 Å². The SMILES string of the molecule is CN/C(=C\C=N)c1cc(C(=O)NCCO)nc2cc(C)c(-c3ccncc3)c(C)c12. The number of aliphatic hydroxyl groups excluding tert-OH is 1. The molecule has 4 N–H and O–H groups in total. The fourth-order valence-corrected chi connectivity index (χ4v) is 3.70. The molecule has 0 saturated heterocycles. The predicted octanol–water partition coefficient (Wildman–Crippen LogP) is 2.85. The van der Waals surface area contributed by atoms with Crippen molar-refractivity contribution in [2.75, 3.05) is 20.2 Å². The highest BCUT2D eigenvalue weighted by molar-refractivity contribution is 6.03. The number of carbonyl (C=O) groups excluding carboxylic acids is 1. The van der Waals surface area contributed by atoms with Crippen LogP contribution in [0.1, 0.15) is 27.2 Å². The summed E-state index contributed by atoms with van der Waals surface area (Å²) in [5.41, 5.74) is 6.67. The van der Waals surface area contributed by atoms with E-state index in [0.717, 1.165) is 33.2 Å². The van der Waals surface area contributed by atoms with Crippen LogP contribution in [-0.4, -0.2) is 47.4 Å². The molecule has 154 valence electrons. The molecule has 0 aliphatic rings. The molecule has 3 rings (SSSR count). The van der Waals surface area contributed by atoms with E-state index in [-0.39, 0.29) is 24.8 Å². The van der Waals surface area contributed by atoms with Crippen LogP contribution < -0.4 is 10.6 Å². The summed E-state index contributed by atoms with van der Waals surface area (Å²) in [7, 11) is 1.78. The van der Waals surface area contributed by atoms with E-state index < -0.39 is 0 Å². The third-order valence-electron chi connectivity index (χ3n) is 4.95. The van der Waals surface area contributed by atoms with Crippen LogP contribution in [-0.2, 0) is 0 Å². The van der Waals surface area contributed by atoms with Gasteiger partial charge in [-0.25, -0.2) is 4.98 Å². The molecule has 0 fully saturated rings. The first-order valence-corrected chi connectivity index (χ1v) is 9.65. The summed E-state index contributed by atoms with van der Waals surface area (Å²) in [4.78, 5) is 21.3. The second-order valence-corrected chi connectivity index (χ2v) is 6.86. The van der Waals surface area contributed by atoms with E-state index in [1.165, 1.54) is 6.21 Å². The maximum absolute atomic E-state index is 12.6. The van der Waals surface area contributed by atoms with Crippen molar-refractivity contribution in [1.82, 2.24) is 20.6 Å². The van der Waals surface area contributed by atoms with E-state index in [4.69, 9.17) is 10.5 Å². The Morgan fingerprint density at radius 3 is 2.60 bits per heavy atom. The average Bonchev–Trinajstić information content (AvgIpc) is 2.75. The summed E-state index contributed by atoms with van der Waals surface area (Å²) in [5, 5.41) is 23.2. The maximum Gasteiger partial charge on any atom is 0.270 e. The van der Waals surface area contributed by atoms with Crippen LogP contribution in [0.4, 0.5) is 0 Å². The lowest BCUT2D eigenvalue weighted by molar-refractivity contribution is 0.0940. The highest BCUT2D eigenvalue weighted by atomic mass is 16.3. The van der Waals surface area contributed by atoms with E-state index in [9.17, 15) is 4.79 Å². The molecule has 0 bridgehead atoms. The van der Waals surface area contributed by atoms with Crippen LogP contribution in [0, 0.1) is 19.3 Å². The Balaban J connectivity index is 2.35. The number of nitrogens with one attached hydrogen (secondary N) is 3. The van der Waals surface area contributed by atoms with Gasteiger partial charge in [0.25, 0.3) is 5.91 Å². The lowest BCUT2D eigenvalue weighted by Crippen LogP contribution is -2.27. The van der Waals surface area contributed by atoms with Gasteiger partial charge in [-0.15, -0.1) is 0 Å². The topological polar surface area (TPSA) is 111 Å². The van der Waals surface area contributed by atoms with Gasteiger partial charge in [0, 0.05) is 48.8 Å². The monoisotopic (exact) mass is 403 g/mol. The van der Waals surface area contributed by atoms with Crippen molar-refractivity contribution in [2.45, 2.75) is 13.8 Å². The standard InChI is InChI=1S/C23H25N5O2/c1-14-12-19-22(15(2)21(14)16-5-8-26-9-6-16)17(18(25-3)4-7-24)13-20(28-19)23(30)27-10-11-29/h4-9,12-13,24-25,29H,10-11H2,1-3H3,(H,27,30)/b18-4-,24-7?. The number of hydrogen-bond acceptors (Lipinski definition) is 6. The summed E-state index contributed by atoms with van der Waals surface area (Å²) >= 11 is 0. The molecule has 0 unspecified atom stereocenters. The molecule has 3 aromatic rings. The van der Waals surface area contributed by atoms with Gasteiger partial charge in [0.2, 0.25) is 0 Å². The van der Waals surface area contributed by atoms with Gasteiger partial charge in [0.15, 0.2) is 0 Å². The van der Waals surface area contributed by atoms with Crippen LogP contribution in [0.25, 0.3) is 27.7 Å². The number of carbonyl (C=O) groups is 1. The fraction of sp³-hybridized carbons (Fsp3) is 0.217. The molecule has 30 heavy (non-hydrogen) atoms. The van der Waals surface area contributed by atoms with Crippen LogP contribution in [0.3, 0.4) is 0 Å². The number of allylic oxidation sites excluding steroid dienone is 1. The van der Waals surface area contributed by atoms with Crippen LogP contribution in [0.15, 0.2) is 42.7 Å². The van der Waals surface area contributed by atoms with E-state index in [0.29, 0.717) is 11.2 Å².